The number of para-hydroxylation sites is 1. The number of hydrogen-bond acceptors (Lipinski definition) is 4. The van der Waals surface area contributed by atoms with Crippen LogP contribution in [0.5, 0.6) is 11.5 Å². The highest BCUT2D eigenvalue weighted by Gasteiger charge is 2.27. The summed E-state index contributed by atoms with van der Waals surface area (Å²) in [5, 5.41) is 5.65. The van der Waals surface area contributed by atoms with Gasteiger partial charge < -0.3 is 25.0 Å². The van der Waals surface area contributed by atoms with E-state index in [0.29, 0.717) is 24.5 Å². The van der Waals surface area contributed by atoms with Gasteiger partial charge in [0.2, 0.25) is 5.91 Å². The lowest BCUT2D eigenvalue weighted by molar-refractivity contribution is -0.132. The summed E-state index contributed by atoms with van der Waals surface area (Å²) in [6.45, 7) is 6.26. The van der Waals surface area contributed by atoms with E-state index in [-0.39, 0.29) is 11.8 Å². The number of aryl methyl sites for hydroxylation is 1. The Labute approximate surface area is 184 Å². The van der Waals surface area contributed by atoms with Crippen molar-refractivity contribution in [3.63, 3.8) is 0 Å². The molecule has 0 spiro atoms. The fourth-order valence-corrected chi connectivity index (χ4v) is 3.21. The van der Waals surface area contributed by atoms with Crippen molar-refractivity contribution in [3.8, 4) is 11.5 Å². The number of methoxy groups -OCH3 is 2. The van der Waals surface area contributed by atoms with E-state index in [0.717, 1.165) is 16.8 Å². The molecule has 1 atom stereocenters. The number of urea groups is 1. The van der Waals surface area contributed by atoms with Crippen LogP contribution in [-0.2, 0) is 11.2 Å². The van der Waals surface area contributed by atoms with Gasteiger partial charge in [-0.1, -0.05) is 38.1 Å². The third-order valence-corrected chi connectivity index (χ3v) is 5.17. The van der Waals surface area contributed by atoms with Gasteiger partial charge in [0.05, 0.1) is 14.2 Å². The second-order valence-corrected chi connectivity index (χ2v) is 7.83. The predicted molar refractivity (Wildman–Crippen MR) is 123 cm³/mol. The van der Waals surface area contributed by atoms with Crippen LogP contribution in [0.3, 0.4) is 0 Å². The second kappa shape index (κ2) is 11.2. The van der Waals surface area contributed by atoms with Gasteiger partial charge in [0.1, 0.15) is 6.04 Å². The summed E-state index contributed by atoms with van der Waals surface area (Å²) in [6, 6.07) is 12.2. The molecule has 2 N–H and O–H groups in total. The molecule has 1 unspecified atom stereocenters. The molecule has 0 fully saturated rings. The number of hydrogen-bond donors (Lipinski definition) is 2. The fraction of sp³-hybridized carbons (Fsp3) is 0.417. The quantitative estimate of drug-likeness (QED) is 0.637. The standard InChI is InChI=1S/C24H33N3O4/c1-16(2)22(26-24(29)25-19-10-8-7-9-17(19)3)23(28)27(4)14-13-18-11-12-20(30-5)21(15-18)31-6/h7-12,15-16,22H,13-14H2,1-6H3,(H2,25,26,29). The summed E-state index contributed by atoms with van der Waals surface area (Å²) < 4.78 is 10.6. The Morgan fingerprint density at radius 3 is 2.32 bits per heavy atom. The molecule has 0 saturated carbocycles. The van der Waals surface area contributed by atoms with Crippen molar-refractivity contribution in [2.24, 2.45) is 5.92 Å². The molecular formula is C24H33N3O4. The molecule has 2 rings (SSSR count). The molecule has 2 aromatic carbocycles. The summed E-state index contributed by atoms with van der Waals surface area (Å²) in [5.74, 6) is 1.14. The number of rotatable bonds is 9. The fourth-order valence-electron chi connectivity index (χ4n) is 3.21. The highest BCUT2D eigenvalue weighted by Crippen LogP contribution is 2.27. The molecule has 0 heterocycles. The molecule has 0 aliphatic rings. The first-order valence-electron chi connectivity index (χ1n) is 10.4. The second-order valence-electron chi connectivity index (χ2n) is 7.83. The summed E-state index contributed by atoms with van der Waals surface area (Å²) in [5.41, 5.74) is 2.71. The maximum atomic E-state index is 13.0. The van der Waals surface area contributed by atoms with Gasteiger partial charge >= 0.3 is 6.03 Å². The average molecular weight is 428 g/mol. The van der Waals surface area contributed by atoms with Gasteiger partial charge in [0.15, 0.2) is 11.5 Å². The van der Waals surface area contributed by atoms with E-state index >= 15 is 0 Å². The summed E-state index contributed by atoms with van der Waals surface area (Å²) in [4.78, 5) is 27.2. The number of benzene rings is 2. The first-order valence-corrected chi connectivity index (χ1v) is 10.4. The zero-order valence-electron chi connectivity index (χ0n) is 19.2. The Kier molecular flexibility index (Phi) is 8.73. The SMILES string of the molecule is COc1ccc(CCN(C)C(=O)C(NC(=O)Nc2ccccc2C)C(C)C)cc1OC. The largest absolute Gasteiger partial charge is 0.493 e. The van der Waals surface area contributed by atoms with E-state index in [1.807, 2.05) is 63.2 Å². The molecule has 3 amide bonds. The van der Waals surface area contributed by atoms with Crippen LogP contribution in [0, 0.1) is 12.8 Å². The number of ether oxygens (including phenoxy) is 2. The molecule has 0 radical (unpaired) electrons. The van der Waals surface area contributed by atoms with Crippen LogP contribution < -0.4 is 20.1 Å². The minimum atomic E-state index is -0.626. The molecule has 168 valence electrons. The molecule has 0 aliphatic carbocycles. The van der Waals surface area contributed by atoms with Crippen LogP contribution in [0.25, 0.3) is 0 Å². The lowest BCUT2D eigenvalue weighted by atomic mass is 10.0. The highest BCUT2D eigenvalue weighted by atomic mass is 16.5. The molecule has 7 heteroatoms. The van der Waals surface area contributed by atoms with E-state index in [1.165, 1.54) is 0 Å². The van der Waals surface area contributed by atoms with Gasteiger partial charge in [-0.3, -0.25) is 4.79 Å². The third kappa shape index (κ3) is 6.64. The van der Waals surface area contributed by atoms with Crippen molar-refractivity contribution in [1.82, 2.24) is 10.2 Å². The minimum Gasteiger partial charge on any atom is -0.493 e. The van der Waals surface area contributed by atoms with Gasteiger partial charge in [-0.05, 0) is 48.6 Å². The summed E-state index contributed by atoms with van der Waals surface area (Å²) in [7, 11) is 4.94. The summed E-state index contributed by atoms with van der Waals surface area (Å²) >= 11 is 0. The molecule has 31 heavy (non-hydrogen) atoms. The molecule has 0 aromatic heterocycles. The van der Waals surface area contributed by atoms with Crippen molar-refractivity contribution < 1.29 is 19.1 Å². The molecule has 0 saturated heterocycles. The van der Waals surface area contributed by atoms with Crippen LogP contribution in [0.1, 0.15) is 25.0 Å². The first kappa shape index (κ1) is 24.1. The Morgan fingerprint density at radius 1 is 1.03 bits per heavy atom. The third-order valence-electron chi connectivity index (χ3n) is 5.17. The monoisotopic (exact) mass is 427 g/mol. The van der Waals surface area contributed by atoms with Crippen LogP contribution in [0.4, 0.5) is 10.5 Å². The molecule has 2 aromatic rings. The van der Waals surface area contributed by atoms with E-state index in [2.05, 4.69) is 10.6 Å². The number of nitrogens with one attached hydrogen (secondary N) is 2. The number of carbonyl (C=O) groups excluding carboxylic acids is 2. The lowest BCUT2D eigenvalue weighted by Crippen LogP contribution is -2.51. The molecule has 0 bridgehead atoms. The van der Waals surface area contributed by atoms with Gasteiger partial charge in [-0.15, -0.1) is 0 Å². The van der Waals surface area contributed by atoms with E-state index in [9.17, 15) is 9.59 Å². The topological polar surface area (TPSA) is 79.9 Å². The maximum absolute atomic E-state index is 13.0. The van der Waals surface area contributed by atoms with Crippen molar-refractivity contribution in [3.05, 3.63) is 53.6 Å². The van der Waals surface area contributed by atoms with Crippen molar-refractivity contribution in [2.45, 2.75) is 33.2 Å². The Bertz CT molecular complexity index is 898. The minimum absolute atomic E-state index is 0.0568. The van der Waals surface area contributed by atoms with Gasteiger partial charge in [-0.2, -0.15) is 0 Å². The van der Waals surface area contributed by atoms with Gasteiger partial charge in [0, 0.05) is 19.3 Å². The highest BCUT2D eigenvalue weighted by molar-refractivity contribution is 5.94. The number of likely N-dealkylation sites (N-methyl/N-ethyl adjacent to an activating group) is 1. The first-order chi connectivity index (χ1) is 14.8. The summed E-state index contributed by atoms with van der Waals surface area (Å²) in [6.07, 6.45) is 0.656. The zero-order valence-corrected chi connectivity index (χ0v) is 19.2. The van der Waals surface area contributed by atoms with Gasteiger partial charge in [-0.25, -0.2) is 4.79 Å². The maximum Gasteiger partial charge on any atom is 0.319 e. The number of carbonyl (C=O) groups is 2. The zero-order chi connectivity index (χ0) is 23.0. The van der Waals surface area contributed by atoms with Crippen LogP contribution in [0.2, 0.25) is 0 Å². The molecule has 0 aliphatic heterocycles. The van der Waals surface area contributed by atoms with E-state index in [1.54, 1.807) is 26.2 Å². The molecular weight excluding hydrogens is 394 g/mol. The Morgan fingerprint density at radius 2 is 1.71 bits per heavy atom. The molecule has 7 nitrogen and oxygen atoms in total. The predicted octanol–water partition coefficient (Wildman–Crippen LogP) is 3.86. The lowest BCUT2D eigenvalue weighted by Gasteiger charge is -2.27. The van der Waals surface area contributed by atoms with Crippen LogP contribution >= 0.6 is 0 Å². The number of anilines is 1. The Balaban J connectivity index is 1.99. The van der Waals surface area contributed by atoms with Crippen LogP contribution in [0.15, 0.2) is 42.5 Å². The van der Waals surface area contributed by atoms with Crippen molar-refractivity contribution >= 4 is 17.6 Å². The van der Waals surface area contributed by atoms with Crippen molar-refractivity contribution in [1.29, 1.82) is 0 Å². The number of amides is 3. The Hall–Kier alpha value is -3.22. The van der Waals surface area contributed by atoms with Crippen LogP contribution in [-0.4, -0.2) is 50.7 Å². The number of nitrogens with zero attached hydrogens (tertiary/aromatic N) is 1. The van der Waals surface area contributed by atoms with Crippen molar-refractivity contribution in [2.75, 3.05) is 33.1 Å². The van der Waals surface area contributed by atoms with E-state index < -0.39 is 12.1 Å². The van der Waals surface area contributed by atoms with E-state index in [4.69, 9.17) is 9.47 Å². The average Bonchev–Trinajstić information content (AvgIpc) is 2.76. The normalized spacial score (nSPS) is 11.6. The van der Waals surface area contributed by atoms with Gasteiger partial charge in [0.25, 0.3) is 0 Å². The smallest absolute Gasteiger partial charge is 0.319 e.